The van der Waals surface area contributed by atoms with Gasteiger partial charge in [0.25, 0.3) is 5.91 Å². The Hall–Kier alpha value is -4.44. The van der Waals surface area contributed by atoms with E-state index in [2.05, 4.69) is 23.6 Å². The third-order valence-corrected chi connectivity index (χ3v) is 7.48. The number of hydrogen-bond donors (Lipinski definition) is 2. The zero-order chi connectivity index (χ0) is 30.4. The monoisotopic (exact) mass is 567 g/mol. The Balaban J connectivity index is 1.78. The van der Waals surface area contributed by atoms with Crippen LogP contribution in [0.2, 0.25) is 0 Å². The van der Waals surface area contributed by atoms with Gasteiger partial charge in [0, 0.05) is 18.0 Å². The third kappa shape index (κ3) is 9.59. The molecule has 220 valence electrons. The summed E-state index contributed by atoms with van der Waals surface area (Å²) in [5, 5.41) is 15.1. The average Bonchev–Trinajstić information content (AvgIpc) is 3.01. The van der Waals surface area contributed by atoms with E-state index in [-0.39, 0.29) is 24.8 Å². The smallest absolute Gasteiger partial charge is 0.329 e. The number of nitrogens with zero attached hydrogens (tertiary/aromatic N) is 1. The maximum Gasteiger partial charge on any atom is 0.329 e. The number of carbonyl (C=O) groups is 3. The van der Waals surface area contributed by atoms with Crippen LogP contribution in [0, 0.1) is 16.7 Å². The van der Waals surface area contributed by atoms with Crippen LogP contribution in [0.5, 0.6) is 0 Å². The van der Waals surface area contributed by atoms with Crippen molar-refractivity contribution in [2.45, 2.75) is 78.0 Å². The minimum atomic E-state index is -1.04. The van der Waals surface area contributed by atoms with Gasteiger partial charge in [-0.05, 0) is 55.7 Å². The Morgan fingerprint density at radius 3 is 2.05 bits per heavy atom. The van der Waals surface area contributed by atoms with Crippen LogP contribution in [0.15, 0.2) is 84.9 Å². The van der Waals surface area contributed by atoms with Crippen LogP contribution in [0.1, 0.15) is 79.9 Å². The van der Waals surface area contributed by atoms with E-state index < -0.39 is 23.5 Å². The molecule has 0 spiro atoms. The lowest BCUT2D eigenvalue weighted by Gasteiger charge is -2.35. The highest BCUT2D eigenvalue weighted by atomic mass is 16.5. The van der Waals surface area contributed by atoms with Gasteiger partial charge in [-0.1, -0.05) is 93.3 Å². The predicted molar refractivity (Wildman–Crippen MR) is 163 cm³/mol. The van der Waals surface area contributed by atoms with Crippen molar-refractivity contribution in [3.05, 3.63) is 107 Å². The molecule has 0 aliphatic rings. The fourth-order valence-electron chi connectivity index (χ4n) is 4.70. The molecule has 3 aromatic rings. The van der Waals surface area contributed by atoms with Gasteiger partial charge in [0.1, 0.15) is 12.6 Å². The van der Waals surface area contributed by atoms with Gasteiger partial charge in [0.15, 0.2) is 0 Å². The van der Waals surface area contributed by atoms with E-state index in [1.165, 1.54) is 0 Å². The number of ether oxygens (including phenoxy) is 1. The Morgan fingerprint density at radius 1 is 0.833 bits per heavy atom. The molecular formula is C35H41N3O4. The van der Waals surface area contributed by atoms with Crippen molar-refractivity contribution in [1.29, 1.82) is 5.26 Å². The van der Waals surface area contributed by atoms with E-state index in [0.29, 0.717) is 17.5 Å². The third-order valence-electron chi connectivity index (χ3n) is 7.48. The molecule has 7 heteroatoms. The molecule has 0 aromatic heterocycles. The number of nitrogens with one attached hydrogen (secondary N) is 2. The van der Waals surface area contributed by atoms with Gasteiger partial charge in [-0.2, -0.15) is 5.26 Å². The Bertz CT molecular complexity index is 1330. The average molecular weight is 568 g/mol. The lowest BCUT2D eigenvalue weighted by molar-refractivity contribution is -0.150. The summed E-state index contributed by atoms with van der Waals surface area (Å²) in [6.07, 6.45) is 4.84. The second kappa shape index (κ2) is 16.1. The van der Waals surface area contributed by atoms with Crippen LogP contribution in [-0.2, 0) is 27.4 Å². The minimum Gasteiger partial charge on any atom is -0.459 e. The number of esters is 1. The highest BCUT2D eigenvalue weighted by molar-refractivity contribution is 5.95. The van der Waals surface area contributed by atoms with Gasteiger partial charge in [0.2, 0.25) is 5.91 Å². The molecule has 0 aliphatic carbocycles. The normalized spacial score (nSPS) is 12.4. The van der Waals surface area contributed by atoms with Crippen molar-refractivity contribution >= 4 is 17.8 Å². The molecule has 7 nitrogen and oxygen atoms in total. The Kier molecular flexibility index (Phi) is 12.3. The molecule has 0 saturated carbocycles. The topological polar surface area (TPSA) is 108 Å². The van der Waals surface area contributed by atoms with Crippen LogP contribution in [0.4, 0.5) is 0 Å². The molecule has 2 N–H and O–H groups in total. The van der Waals surface area contributed by atoms with E-state index >= 15 is 0 Å². The maximum atomic E-state index is 13.9. The minimum absolute atomic E-state index is 0.102. The Labute approximate surface area is 249 Å². The van der Waals surface area contributed by atoms with E-state index in [0.717, 1.165) is 36.8 Å². The van der Waals surface area contributed by atoms with Gasteiger partial charge < -0.3 is 15.4 Å². The second-order valence-electron chi connectivity index (χ2n) is 11.1. The van der Waals surface area contributed by atoms with E-state index in [1.807, 2.05) is 60.7 Å². The molecule has 0 fully saturated rings. The molecule has 2 atom stereocenters. The number of nitriles is 1. The lowest BCUT2D eigenvalue weighted by Crippen LogP contribution is -2.56. The van der Waals surface area contributed by atoms with Gasteiger partial charge in [-0.15, -0.1) is 0 Å². The molecule has 0 aliphatic heterocycles. The number of amides is 2. The van der Waals surface area contributed by atoms with Crippen LogP contribution >= 0.6 is 0 Å². The molecule has 0 bridgehead atoms. The molecule has 0 saturated heterocycles. The summed E-state index contributed by atoms with van der Waals surface area (Å²) >= 11 is 0. The molecule has 2 amide bonds. The summed E-state index contributed by atoms with van der Waals surface area (Å²) in [5.74, 6) is -1.18. The second-order valence-corrected chi connectivity index (χ2v) is 11.1. The highest BCUT2D eigenvalue weighted by Crippen LogP contribution is 2.27. The highest BCUT2D eigenvalue weighted by Gasteiger charge is 2.39. The maximum absolute atomic E-state index is 13.9. The fraction of sp³-hybridized carbons (Fsp3) is 0.371. The van der Waals surface area contributed by atoms with Gasteiger partial charge in [0.05, 0.1) is 17.0 Å². The molecule has 3 rings (SSSR count). The number of hydrogen-bond acceptors (Lipinski definition) is 5. The summed E-state index contributed by atoms with van der Waals surface area (Å²) in [7, 11) is 0. The zero-order valence-electron chi connectivity index (χ0n) is 24.8. The summed E-state index contributed by atoms with van der Waals surface area (Å²) in [6, 6.07) is 25.9. The largest absolute Gasteiger partial charge is 0.459 e. The van der Waals surface area contributed by atoms with Crippen molar-refractivity contribution in [2.75, 3.05) is 0 Å². The van der Waals surface area contributed by atoms with Crippen LogP contribution in [0.3, 0.4) is 0 Å². The first-order valence-electron chi connectivity index (χ1n) is 14.6. The lowest BCUT2D eigenvalue weighted by atomic mass is 9.80. The fourth-order valence-corrected chi connectivity index (χ4v) is 4.70. The van der Waals surface area contributed by atoms with Crippen LogP contribution in [-0.4, -0.2) is 29.9 Å². The summed E-state index contributed by atoms with van der Waals surface area (Å²) in [5.41, 5.74) is 1.58. The zero-order valence-corrected chi connectivity index (χ0v) is 24.8. The molecule has 3 aromatic carbocycles. The van der Waals surface area contributed by atoms with Gasteiger partial charge in [-0.3, -0.25) is 9.59 Å². The SMILES string of the molecule is CCCCCCC(NC(=O)c1ccc(C#N)cc1)C(C)(C)C(=O)N[C@@H](Cc1ccccc1)C(=O)OCc1ccccc1. The quantitative estimate of drug-likeness (QED) is 0.170. The molecule has 1 unspecified atom stereocenters. The summed E-state index contributed by atoms with van der Waals surface area (Å²) in [6.45, 7) is 5.82. The first-order chi connectivity index (χ1) is 20.2. The number of carbonyl (C=O) groups excluding carboxylic acids is 3. The van der Waals surface area contributed by atoms with Gasteiger partial charge >= 0.3 is 5.97 Å². The van der Waals surface area contributed by atoms with Crippen molar-refractivity contribution in [3.63, 3.8) is 0 Å². The van der Waals surface area contributed by atoms with Crippen LogP contribution in [0.25, 0.3) is 0 Å². The summed E-state index contributed by atoms with van der Waals surface area (Å²) in [4.78, 5) is 40.4. The standard InChI is InChI=1S/C35H41N3O4/c1-4-5-6-13-18-31(38-32(39)29-21-19-27(24-36)20-22-29)35(2,3)34(41)37-30(23-26-14-9-7-10-15-26)33(40)42-25-28-16-11-8-12-17-28/h7-12,14-17,19-22,30-31H,4-6,13,18,23,25H2,1-3H3,(H,37,41)(H,38,39)/t30-,31?/m0/s1. The van der Waals surface area contributed by atoms with Crippen molar-refractivity contribution in [1.82, 2.24) is 10.6 Å². The molecule has 0 radical (unpaired) electrons. The Morgan fingerprint density at radius 2 is 1.45 bits per heavy atom. The van der Waals surface area contributed by atoms with E-state index in [9.17, 15) is 14.4 Å². The predicted octanol–water partition coefficient (Wildman–Crippen LogP) is 6.12. The summed E-state index contributed by atoms with van der Waals surface area (Å²) < 4.78 is 5.62. The van der Waals surface area contributed by atoms with Gasteiger partial charge in [-0.25, -0.2) is 4.79 Å². The molecular weight excluding hydrogens is 526 g/mol. The van der Waals surface area contributed by atoms with E-state index in [1.54, 1.807) is 38.1 Å². The van der Waals surface area contributed by atoms with Crippen molar-refractivity contribution < 1.29 is 19.1 Å². The number of benzene rings is 3. The number of rotatable bonds is 15. The van der Waals surface area contributed by atoms with E-state index in [4.69, 9.17) is 10.00 Å². The van der Waals surface area contributed by atoms with Crippen molar-refractivity contribution in [2.24, 2.45) is 5.41 Å². The first kappa shape index (κ1) is 32.1. The molecule has 0 heterocycles. The first-order valence-corrected chi connectivity index (χ1v) is 14.6. The molecule has 42 heavy (non-hydrogen) atoms. The van der Waals surface area contributed by atoms with Crippen molar-refractivity contribution in [3.8, 4) is 6.07 Å². The number of unbranched alkanes of at least 4 members (excludes halogenated alkanes) is 3. The van der Waals surface area contributed by atoms with Crippen LogP contribution < -0.4 is 10.6 Å².